The van der Waals surface area contributed by atoms with Gasteiger partial charge >= 0.3 is 0 Å². The van der Waals surface area contributed by atoms with Crippen LogP contribution in [-0.2, 0) is 0 Å². The minimum atomic E-state index is -0.582. The largest absolute Gasteiger partial charge is 0.504 e. The first-order chi connectivity index (χ1) is 10.0. The number of oxime groups is 1. The van der Waals surface area contributed by atoms with Crippen LogP contribution in [0.4, 0.5) is 5.69 Å². The van der Waals surface area contributed by atoms with Crippen molar-refractivity contribution in [2.75, 3.05) is 5.32 Å². The summed E-state index contributed by atoms with van der Waals surface area (Å²) >= 11 is 0. The van der Waals surface area contributed by atoms with E-state index in [1.165, 1.54) is 18.2 Å². The molecule has 0 saturated carbocycles. The summed E-state index contributed by atoms with van der Waals surface area (Å²) < 4.78 is 0. The lowest BCUT2D eigenvalue weighted by Crippen LogP contribution is -2.14. The zero-order valence-corrected chi connectivity index (χ0v) is 11.2. The molecule has 0 heterocycles. The Labute approximate surface area is 121 Å². The summed E-state index contributed by atoms with van der Waals surface area (Å²) in [7, 11) is 0. The van der Waals surface area contributed by atoms with Crippen LogP contribution >= 0.6 is 0 Å². The normalized spacial score (nSPS) is 11.2. The first-order valence-electron chi connectivity index (χ1n) is 6.15. The van der Waals surface area contributed by atoms with Gasteiger partial charge in [0.1, 0.15) is 0 Å². The molecule has 0 aliphatic carbocycles. The molecule has 0 unspecified atom stereocenters. The van der Waals surface area contributed by atoms with Gasteiger partial charge in [-0.2, -0.15) is 0 Å². The fourth-order valence-corrected chi connectivity index (χ4v) is 1.87. The van der Waals surface area contributed by atoms with E-state index in [1.807, 2.05) is 0 Å². The van der Waals surface area contributed by atoms with Crippen LogP contribution in [0.2, 0.25) is 0 Å². The summed E-state index contributed by atoms with van der Waals surface area (Å²) in [5.74, 6) is -1.44. The Balaban J connectivity index is 2.35. The molecule has 0 saturated heterocycles. The average Bonchev–Trinajstić information content (AvgIpc) is 2.49. The van der Waals surface area contributed by atoms with Crippen LogP contribution in [0.15, 0.2) is 47.6 Å². The standard InChI is InChI=1S/C15H14N2O4/c1-9(17-21)10-5-2-3-7-12(10)16-15(20)11-6-4-8-13(18)14(11)19/h2-8,18-19,21H,1H3,(H,16,20)/b17-9-. The van der Waals surface area contributed by atoms with Crippen LogP contribution in [0.3, 0.4) is 0 Å². The maximum Gasteiger partial charge on any atom is 0.259 e. The summed E-state index contributed by atoms with van der Waals surface area (Å²) in [5.41, 5.74) is 1.27. The number of benzene rings is 2. The van der Waals surface area contributed by atoms with Gasteiger partial charge in [0.15, 0.2) is 11.5 Å². The van der Waals surface area contributed by atoms with E-state index in [0.29, 0.717) is 17.0 Å². The lowest BCUT2D eigenvalue weighted by molar-refractivity contribution is 0.102. The summed E-state index contributed by atoms with van der Waals surface area (Å²) in [4.78, 5) is 12.2. The molecule has 2 aromatic carbocycles. The van der Waals surface area contributed by atoms with Gasteiger partial charge in [0.2, 0.25) is 0 Å². The summed E-state index contributed by atoms with van der Waals surface area (Å²) in [6.45, 7) is 1.59. The molecule has 0 spiro atoms. The van der Waals surface area contributed by atoms with Crippen molar-refractivity contribution in [1.82, 2.24) is 0 Å². The van der Waals surface area contributed by atoms with Crippen LogP contribution in [0.5, 0.6) is 11.5 Å². The molecule has 0 aliphatic rings. The molecule has 2 aromatic rings. The molecule has 6 nitrogen and oxygen atoms in total. The number of aromatic hydroxyl groups is 2. The maximum absolute atomic E-state index is 12.2. The molecule has 0 bridgehead atoms. The van der Waals surface area contributed by atoms with Gasteiger partial charge in [-0.25, -0.2) is 0 Å². The minimum Gasteiger partial charge on any atom is -0.504 e. The predicted molar refractivity (Wildman–Crippen MR) is 78.2 cm³/mol. The molecule has 0 aliphatic heterocycles. The van der Waals surface area contributed by atoms with Crippen LogP contribution in [0.1, 0.15) is 22.8 Å². The summed E-state index contributed by atoms with van der Waals surface area (Å²) in [6.07, 6.45) is 0. The van der Waals surface area contributed by atoms with E-state index in [4.69, 9.17) is 5.21 Å². The van der Waals surface area contributed by atoms with Crippen molar-refractivity contribution in [3.8, 4) is 11.5 Å². The van der Waals surface area contributed by atoms with Gasteiger partial charge in [0.25, 0.3) is 5.91 Å². The van der Waals surface area contributed by atoms with E-state index in [-0.39, 0.29) is 11.3 Å². The molecule has 108 valence electrons. The number of anilines is 1. The number of rotatable bonds is 3. The number of nitrogens with zero attached hydrogens (tertiary/aromatic N) is 1. The fraction of sp³-hybridized carbons (Fsp3) is 0.0667. The lowest BCUT2D eigenvalue weighted by atomic mass is 10.1. The van der Waals surface area contributed by atoms with Gasteiger partial charge in [0, 0.05) is 5.56 Å². The van der Waals surface area contributed by atoms with Crippen LogP contribution < -0.4 is 5.32 Å². The van der Waals surface area contributed by atoms with E-state index < -0.39 is 11.7 Å². The van der Waals surface area contributed by atoms with E-state index in [9.17, 15) is 15.0 Å². The Kier molecular flexibility index (Phi) is 4.08. The van der Waals surface area contributed by atoms with E-state index in [1.54, 1.807) is 31.2 Å². The third-order valence-electron chi connectivity index (χ3n) is 2.97. The molecule has 1 amide bonds. The Morgan fingerprint density at radius 2 is 1.71 bits per heavy atom. The Morgan fingerprint density at radius 1 is 1.05 bits per heavy atom. The van der Waals surface area contributed by atoms with Crippen LogP contribution in [0, 0.1) is 0 Å². The average molecular weight is 286 g/mol. The minimum absolute atomic E-state index is 0.0524. The summed E-state index contributed by atoms with van der Waals surface area (Å²) in [5, 5.41) is 33.7. The second-order valence-corrected chi connectivity index (χ2v) is 4.36. The number of amides is 1. The molecular formula is C15H14N2O4. The number of phenolic OH excluding ortho intramolecular Hbond substituents is 2. The third-order valence-corrected chi connectivity index (χ3v) is 2.97. The number of carbonyl (C=O) groups excluding carboxylic acids is 1. The number of hydrogen-bond acceptors (Lipinski definition) is 5. The van der Waals surface area contributed by atoms with Crippen molar-refractivity contribution in [1.29, 1.82) is 0 Å². The zero-order valence-electron chi connectivity index (χ0n) is 11.2. The number of nitrogens with one attached hydrogen (secondary N) is 1. The van der Waals surface area contributed by atoms with E-state index in [0.717, 1.165) is 0 Å². The Hall–Kier alpha value is -3.02. The topological polar surface area (TPSA) is 102 Å². The smallest absolute Gasteiger partial charge is 0.259 e. The first-order valence-corrected chi connectivity index (χ1v) is 6.15. The van der Waals surface area contributed by atoms with E-state index in [2.05, 4.69) is 10.5 Å². The molecule has 0 radical (unpaired) electrons. The van der Waals surface area contributed by atoms with Crippen molar-refractivity contribution in [2.45, 2.75) is 6.92 Å². The highest BCUT2D eigenvalue weighted by atomic mass is 16.4. The predicted octanol–water partition coefficient (Wildman–Crippen LogP) is 2.55. The van der Waals surface area contributed by atoms with Crippen molar-refractivity contribution in [3.63, 3.8) is 0 Å². The van der Waals surface area contributed by atoms with Gasteiger partial charge < -0.3 is 20.7 Å². The molecule has 0 atom stereocenters. The Bertz CT molecular complexity index is 711. The Morgan fingerprint density at radius 3 is 2.43 bits per heavy atom. The van der Waals surface area contributed by atoms with Gasteiger partial charge in [0.05, 0.1) is 17.0 Å². The number of carbonyl (C=O) groups is 1. The van der Waals surface area contributed by atoms with Crippen molar-refractivity contribution < 1.29 is 20.2 Å². The fourth-order valence-electron chi connectivity index (χ4n) is 1.87. The van der Waals surface area contributed by atoms with Crippen LogP contribution in [0.25, 0.3) is 0 Å². The SMILES string of the molecule is C/C(=N/O)c1ccccc1NC(=O)c1cccc(O)c1O. The van der Waals surface area contributed by atoms with Crippen LogP contribution in [-0.4, -0.2) is 27.0 Å². The second-order valence-electron chi connectivity index (χ2n) is 4.36. The van der Waals surface area contributed by atoms with Gasteiger partial charge in [-0.15, -0.1) is 0 Å². The highest BCUT2D eigenvalue weighted by molar-refractivity contribution is 6.11. The molecule has 21 heavy (non-hydrogen) atoms. The van der Waals surface area contributed by atoms with Crippen molar-refractivity contribution >= 4 is 17.3 Å². The monoisotopic (exact) mass is 286 g/mol. The molecule has 0 aromatic heterocycles. The number of para-hydroxylation sites is 2. The molecule has 6 heteroatoms. The van der Waals surface area contributed by atoms with Gasteiger partial charge in [-0.3, -0.25) is 4.79 Å². The zero-order chi connectivity index (χ0) is 15.4. The van der Waals surface area contributed by atoms with Gasteiger partial charge in [-0.1, -0.05) is 29.4 Å². The highest BCUT2D eigenvalue weighted by Gasteiger charge is 2.15. The molecule has 2 rings (SSSR count). The highest BCUT2D eigenvalue weighted by Crippen LogP contribution is 2.29. The molecular weight excluding hydrogens is 272 g/mol. The summed E-state index contributed by atoms with van der Waals surface area (Å²) in [6, 6.07) is 10.9. The third kappa shape index (κ3) is 2.94. The lowest BCUT2D eigenvalue weighted by Gasteiger charge is -2.11. The van der Waals surface area contributed by atoms with Crippen molar-refractivity contribution in [3.05, 3.63) is 53.6 Å². The number of hydrogen-bond donors (Lipinski definition) is 4. The number of phenols is 2. The van der Waals surface area contributed by atoms with Gasteiger partial charge in [-0.05, 0) is 25.1 Å². The second kappa shape index (κ2) is 5.96. The first kappa shape index (κ1) is 14.4. The molecule has 0 fully saturated rings. The van der Waals surface area contributed by atoms with Crippen molar-refractivity contribution in [2.24, 2.45) is 5.16 Å². The molecule has 4 N–H and O–H groups in total. The quantitative estimate of drug-likeness (QED) is 0.301. The maximum atomic E-state index is 12.2. The van der Waals surface area contributed by atoms with E-state index >= 15 is 0 Å².